The molecule has 104 valence electrons. The van der Waals surface area contributed by atoms with E-state index in [2.05, 4.69) is 21.2 Å². The van der Waals surface area contributed by atoms with Crippen molar-refractivity contribution in [1.82, 2.24) is 0 Å². The fourth-order valence-electron chi connectivity index (χ4n) is 3.24. The van der Waals surface area contributed by atoms with Crippen molar-refractivity contribution in [1.29, 1.82) is 0 Å². The standard InChI is InChI=1S/C15H18BrCl2N/c16-11-7-13(17)15(14(18)8-11)19-12-3-1-2-10(6-12)9-4-5-9/h7-10,12,19H,1-6H2. The van der Waals surface area contributed by atoms with Crippen LogP contribution in [0.2, 0.25) is 10.0 Å². The highest BCUT2D eigenvalue weighted by Gasteiger charge is 2.34. The van der Waals surface area contributed by atoms with Crippen molar-refractivity contribution in [3.63, 3.8) is 0 Å². The van der Waals surface area contributed by atoms with Crippen LogP contribution in [0.4, 0.5) is 5.69 Å². The van der Waals surface area contributed by atoms with Gasteiger partial charge in [-0.2, -0.15) is 0 Å². The molecule has 1 aromatic rings. The summed E-state index contributed by atoms with van der Waals surface area (Å²) in [6.07, 6.45) is 8.11. The van der Waals surface area contributed by atoms with Crippen molar-refractivity contribution in [2.24, 2.45) is 11.8 Å². The monoisotopic (exact) mass is 361 g/mol. The number of hydrogen-bond donors (Lipinski definition) is 1. The molecule has 1 aromatic carbocycles. The van der Waals surface area contributed by atoms with Gasteiger partial charge in [0.05, 0.1) is 15.7 Å². The van der Waals surface area contributed by atoms with Gasteiger partial charge in [0.15, 0.2) is 0 Å². The van der Waals surface area contributed by atoms with E-state index in [9.17, 15) is 0 Å². The van der Waals surface area contributed by atoms with E-state index < -0.39 is 0 Å². The molecule has 0 radical (unpaired) electrons. The first-order valence-electron chi connectivity index (χ1n) is 7.04. The van der Waals surface area contributed by atoms with Gasteiger partial charge < -0.3 is 5.32 Å². The number of anilines is 1. The predicted octanol–water partition coefficient (Wildman–Crippen LogP) is 6.14. The summed E-state index contributed by atoms with van der Waals surface area (Å²) in [5.41, 5.74) is 0.896. The molecule has 2 atom stereocenters. The van der Waals surface area contributed by atoms with Gasteiger partial charge >= 0.3 is 0 Å². The second-order valence-corrected chi connectivity index (χ2v) is 7.58. The van der Waals surface area contributed by atoms with Gasteiger partial charge in [0.25, 0.3) is 0 Å². The van der Waals surface area contributed by atoms with Crippen molar-refractivity contribution in [2.45, 2.75) is 44.6 Å². The summed E-state index contributed by atoms with van der Waals surface area (Å²) in [5, 5.41) is 4.98. The summed E-state index contributed by atoms with van der Waals surface area (Å²) in [4.78, 5) is 0. The van der Waals surface area contributed by atoms with E-state index in [1.54, 1.807) is 0 Å². The van der Waals surface area contributed by atoms with Crippen LogP contribution in [0.25, 0.3) is 0 Å². The number of nitrogens with one attached hydrogen (secondary N) is 1. The van der Waals surface area contributed by atoms with Gasteiger partial charge in [-0.3, -0.25) is 0 Å². The van der Waals surface area contributed by atoms with Crippen molar-refractivity contribution < 1.29 is 0 Å². The van der Waals surface area contributed by atoms with Crippen LogP contribution in [-0.4, -0.2) is 6.04 Å². The van der Waals surface area contributed by atoms with E-state index in [4.69, 9.17) is 23.2 Å². The van der Waals surface area contributed by atoms with E-state index in [1.165, 1.54) is 38.5 Å². The molecule has 2 unspecified atom stereocenters. The summed E-state index contributed by atoms with van der Waals surface area (Å²) >= 11 is 16.0. The first kappa shape index (κ1) is 14.0. The van der Waals surface area contributed by atoms with E-state index in [0.29, 0.717) is 16.1 Å². The van der Waals surface area contributed by atoms with Gasteiger partial charge in [-0.25, -0.2) is 0 Å². The van der Waals surface area contributed by atoms with Crippen LogP contribution in [0.5, 0.6) is 0 Å². The Labute approximate surface area is 133 Å². The maximum atomic E-state index is 6.29. The van der Waals surface area contributed by atoms with Crippen molar-refractivity contribution in [3.05, 3.63) is 26.7 Å². The second-order valence-electron chi connectivity index (χ2n) is 5.85. The van der Waals surface area contributed by atoms with E-state index >= 15 is 0 Å². The lowest BCUT2D eigenvalue weighted by Crippen LogP contribution is -2.28. The lowest BCUT2D eigenvalue weighted by Gasteiger charge is -2.31. The Morgan fingerprint density at radius 2 is 1.68 bits per heavy atom. The van der Waals surface area contributed by atoms with Crippen LogP contribution in [0.3, 0.4) is 0 Å². The Bertz CT molecular complexity index is 450. The van der Waals surface area contributed by atoms with Gasteiger partial charge in [0.1, 0.15) is 0 Å². The molecule has 0 heterocycles. The largest absolute Gasteiger partial charge is 0.380 e. The maximum absolute atomic E-state index is 6.29. The molecule has 2 fully saturated rings. The SMILES string of the molecule is Clc1cc(Br)cc(Cl)c1NC1CCCC(C2CC2)C1. The van der Waals surface area contributed by atoms with E-state index in [1.807, 2.05) is 12.1 Å². The highest BCUT2D eigenvalue weighted by Crippen LogP contribution is 2.45. The van der Waals surface area contributed by atoms with Crippen LogP contribution < -0.4 is 5.32 Å². The lowest BCUT2D eigenvalue weighted by molar-refractivity contribution is 0.303. The van der Waals surface area contributed by atoms with Crippen molar-refractivity contribution in [2.75, 3.05) is 5.32 Å². The molecule has 0 amide bonds. The summed E-state index contributed by atoms with van der Waals surface area (Å²) in [6.45, 7) is 0. The van der Waals surface area contributed by atoms with Crippen LogP contribution in [0.15, 0.2) is 16.6 Å². The summed E-state index contributed by atoms with van der Waals surface area (Å²) < 4.78 is 0.924. The first-order chi connectivity index (χ1) is 9.13. The molecule has 2 aliphatic rings. The quantitative estimate of drug-likeness (QED) is 0.681. The molecule has 0 aromatic heterocycles. The van der Waals surface area contributed by atoms with Crippen LogP contribution in [-0.2, 0) is 0 Å². The van der Waals surface area contributed by atoms with Gasteiger partial charge in [-0.15, -0.1) is 0 Å². The van der Waals surface area contributed by atoms with Crippen molar-refractivity contribution in [3.8, 4) is 0 Å². The smallest absolute Gasteiger partial charge is 0.0721 e. The Balaban J connectivity index is 1.70. The van der Waals surface area contributed by atoms with E-state index in [-0.39, 0.29) is 0 Å². The molecule has 0 aliphatic heterocycles. The third kappa shape index (κ3) is 3.40. The van der Waals surface area contributed by atoms with Crippen LogP contribution in [0, 0.1) is 11.8 Å². The zero-order valence-electron chi connectivity index (χ0n) is 10.8. The Kier molecular flexibility index (Phi) is 4.31. The van der Waals surface area contributed by atoms with Gasteiger partial charge in [0, 0.05) is 10.5 Å². The maximum Gasteiger partial charge on any atom is 0.0721 e. The number of rotatable bonds is 3. The zero-order valence-corrected chi connectivity index (χ0v) is 13.9. The minimum atomic E-state index is 0.524. The predicted molar refractivity (Wildman–Crippen MR) is 86.3 cm³/mol. The Hall–Kier alpha value is 0.0800. The number of hydrogen-bond acceptors (Lipinski definition) is 1. The molecule has 2 saturated carbocycles. The molecule has 3 rings (SSSR count). The third-order valence-corrected chi connectivity index (χ3v) is 5.41. The molecule has 1 N–H and O–H groups in total. The second kappa shape index (κ2) is 5.83. The lowest BCUT2D eigenvalue weighted by atomic mass is 9.82. The molecular formula is C15H18BrCl2N. The minimum absolute atomic E-state index is 0.524. The van der Waals surface area contributed by atoms with Crippen LogP contribution >= 0.6 is 39.1 Å². The summed E-state index contributed by atoms with van der Waals surface area (Å²) in [6, 6.07) is 4.32. The Morgan fingerprint density at radius 1 is 1.00 bits per heavy atom. The van der Waals surface area contributed by atoms with Gasteiger partial charge in [-0.1, -0.05) is 52.0 Å². The molecule has 0 bridgehead atoms. The van der Waals surface area contributed by atoms with Crippen LogP contribution in [0.1, 0.15) is 38.5 Å². The number of halogens is 3. The Morgan fingerprint density at radius 3 is 2.32 bits per heavy atom. The average molecular weight is 363 g/mol. The number of benzene rings is 1. The third-order valence-electron chi connectivity index (χ3n) is 4.36. The molecule has 0 spiro atoms. The molecule has 19 heavy (non-hydrogen) atoms. The zero-order chi connectivity index (χ0) is 13.4. The molecule has 0 saturated heterocycles. The van der Waals surface area contributed by atoms with Gasteiger partial charge in [-0.05, 0) is 49.7 Å². The van der Waals surface area contributed by atoms with Crippen molar-refractivity contribution >= 4 is 44.8 Å². The first-order valence-corrected chi connectivity index (χ1v) is 8.59. The van der Waals surface area contributed by atoms with E-state index in [0.717, 1.165) is 22.0 Å². The summed E-state index contributed by atoms with van der Waals surface area (Å²) in [5.74, 6) is 1.92. The topological polar surface area (TPSA) is 12.0 Å². The average Bonchev–Trinajstić information content (AvgIpc) is 3.18. The fraction of sp³-hybridized carbons (Fsp3) is 0.600. The van der Waals surface area contributed by atoms with Gasteiger partial charge in [0.2, 0.25) is 0 Å². The summed E-state index contributed by atoms with van der Waals surface area (Å²) in [7, 11) is 0. The highest BCUT2D eigenvalue weighted by molar-refractivity contribution is 9.10. The normalized spacial score (nSPS) is 27.3. The molecular weight excluding hydrogens is 345 g/mol. The molecule has 4 heteroatoms. The fourth-order valence-corrected chi connectivity index (χ4v) is 4.56. The molecule has 1 nitrogen and oxygen atoms in total. The highest BCUT2D eigenvalue weighted by atomic mass is 79.9. The minimum Gasteiger partial charge on any atom is -0.380 e. The molecule has 2 aliphatic carbocycles.